The van der Waals surface area contributed by atoms with Crippen LogP contribution < -0.4 is 0 Å². The summed E-state index contributed by atoms with van der Waals surface area (Å²) in [5, 5.41) is 18.5. The van der Waals surface area contributed by atoms with E-state index in [1.165, 1.54) is 0 Å². The molecule has 0 saturated carbocycles. The maximum absolute atomic E-state index is 5.71. The van der Waals surface area contributed by atoms with Gasteiger partial charge in [-0.05, 0) is 24.6 Å². The van der Waals surface area contributed by atoms with E-state index in [-0.39, 0.29) is 5.25 Å². The monoisotopic (exact) mass is 342 g/mol. The van der Waals surface area contributed by atoms with Gasteiger partial charge in [-0.1, -0.05) is 40.9 Å². The molecule has 3 aromatic heterocycles. The molecule has 0 N–H and O–H groups in total. The van der Waals surface area contributed by atoms with Gasteiger partial charge >= 0.3 is 0 Å². The molecule has 0 aliphatic heterocycles. The van der Waals surface area contributed by atoms with Crippen LogP contribution in [-0.2, 0) is 0 Å². The van der Waals surface area contributed by atoms with Crippen LogP contribution in [0.3, 0.4) is 0 Å². The minimum atomic E-state index is 0.0545. The lowest BCUT2D eigenvalue weighted by molar-refractivity contribution is 0.510. The Morgan fingerprint density at radius 1 is 1.20 bits per heavy atom. The van der Waals surface area contributed by atoms with Crippen LogP contribution in [0.5, 0.6) is 0 Å². The summed E-state index contributed by atoms with van der Waals surface area (Å²) in [5.74, 6) is 1.18. The molecule has 0 aliphatic carbocycles. The summed E-state index contributed by atoms with van der Waals surface area (Å²) in [7, 11) is 0. The maximum atomic E-state index is 5.71. The zero-order valence-electron chi connectivity index (χ0n) is 10.6. The number of thioether (sulfide) groups is 2. The van der Waals surface area contributed by atoms with Crippen molar-refractivity contribution in [3.05, 3.63) is 23.4 Å². The Kier molecular flexibility index (Phi) is 4.39. The van der Waals surface area contributed by atoms with Crippen molar-refractivity contribution < 1.29 is 4.42 Å². The van der Waals surface area contributed by atoms with Gasteiger partial charge in [0.05, 0.1) is 10.1 Å². The van der Waals surface area contributed by atoms with Gasteiger partial charge in [-0.2, -0.15) is 0 Å². The third-order valence-electron chi connectivity index (χ3n) is 2.36. The molecule has 5 nitrogen and oxygen atoms in total. The summed E-state index contributed by atoms with van der Waals surface area (Å²) < 4.78 is 7.59. The maximum Gasteiger partial charge on any atom is 0.257 e. The molecule has 9 heteroatoms. The molecule has 104 valence electrons. The first-order chi connectivity index (χ1) is 9.76. The Morgan fingerprint density at radius 3 is 2.75 bits per heavy atom. The van der Waals surface area contributed by atoms with Crippen LogP contribution in [0.15, 0.2) is 30.6 Å². The smallest absolute Gasteiger partial charge is 0.257 e. The van der Waals surface area contributed by atoms with E-state index < -0.39 is 0 Å². The Hall–Kier alpha value is -0.900. The molecule has 3 aromatic rings. The molecule has 0 amide bonds. The number of rotatable bonds is 5. The Balaban J connectivity index is 1.72. The zero-order chi connectivity index (χ0) is 13.9. The fraction of sp³-hybridized carbons (Fsp3) is 0.273. The third-order valence-corrected chi connectivity index (χ3v) is 6.29. The molecule has 3 rings (SSSR count). The van der Waals surface area contributed by atoms with Crippen LogP contribution in [0.2, 0.25) is 0 Å². The van der Waals surface area contributed by atoms with Crippen molar-refractivity contribution in [1.82, 2.24) is 20.4 Å². The van der Waals surface area contributed by atoms with Gasteiger partial charge in [-0.15, -0.1) is 31.7 Å². The van der Waals surface area contributed by atoms with Crippen LogP contribution in [0.25, 0.3) is 10.8 Å². The molecule has 0 saturated heterocycles. The second-order valence-electron chi connectivity index (χ2n) is 3.72. The molecular formula is C11H10N4OS4. The first kappa shape index (κ1) is 14.1. The first-order valence-electron chi connectivity index (χ1n) is 5.67. The summed E-state index contributed by atoms with van der Waals surface area (Å²) in [5.41, 5.74) is 0. The molecule has 0 spiro atoms. The van der Waals surface area contributed by atoms with E-state index in [1.54, 1.807) is 46.2 Å². The number of nitrogens with zero attached hydrogens (tertiary/aromatic N) is 4. The molecule has 0 fully saturated rings. The normalized spacial score (nSPS) is 12.7. The molecule has 0 aliphatic rings. The average molecular weight is 342 g/mol. The quantitative estimate of drug-likeness (QED) is 0.643. The van der Waals surface area contributed by atoms with Crippen molar-refractivity contribution in [1.29, 1.82) is 0 Å². The minimum absolute atomic E-state index is 0.0545. The van der Waals surface area contributed by atoms with E-state index >= 15 is 0 Å². The highest BCUT2D eigenvalue weighted by Gasteiger charge is 2.18. The molecule has 3 heterocycles. The van der Waals surface area contributed by atoms with Crippen LogP contribution in [-0.4, -0.2) is 26.7 Å². The highest BCUT2D eigenvalue weighted by molar-refractivity contribution is 8.03. The predicted octanol–water partition coefficient (Wildman–Crippen LogP) is 4.22. The molecule has 20 heavy (non-hydrogen) atoms. The molecule has 0 aromatic carbocycles. The van der Waals surface area contributed by atoms with Gasteiger partial charge in [0.1, 0.15) is 0 Å². The first-order valence-corrected chi connectivity index (χ1v) is 9.47. The van der Waals surface area contributed by atoms with Crippen molar-refractivity contribution in [2.24, 2.45) is 0 Å². The highest BCUT2D eigenvalue weighted by Crippen LogP contribution is 2.38. The van der Waals surface area contributed by atoms with E-state index in [2.05, 4.69) is 20.4 Å². The minimum Gasteiger partial charge on any atom is -0.419 e. The standard InChI is InChI=1S/C11H10N4OS4/c1-6(19-11-15-14-10(17-2)20-11)8-12-13-9(16-8)7-4-3-5-18-7/h3-6H,1-2H3. The predicted molar refractivity (Wildman–Crippen MR) is 83.6 cm³/mol. The van der Waals surface area contributed by atoms with E-state index in [0.717, 1.165) is 13.6 Å². The summed E-state index contributed by atoms with van der Waals surface area (Å²) in [6, 6.07) is 3.93. The van der Waals surface area contributed by atoms with Crippen LogP contribution in [0, 0.1) is 0 Å². The Labute approximate surface area is 132 Å². The lowest BCUT2D eigenvalue weighted by atomic mass is 10.5. The molecule has 0 radical (unpaired) electrons. The number of hydrogen-bond acceptors (Lipinski definition) is 9. The SMILES string of the molecule is CSc1nnc(SC(C)c2nnc(-c3cccs3)o2)s1. The summed E-state index contributed by atoms with van der Waals surface area (Å²) in [6.07, 6.45) is 1.99. The van der Waals surface area contributed by atoms with Crippen molar-refractivity contribution in [3.8, 4) is 10.8 Å². The highest BCUT2D eigenvalue weighted by atomic mass is 32.2. The number of aromatic nitrogens is 4. The Bertz CT molecular complexity index is 678. The van der Waals surface area contributed by atoms with Gasteiger partial charge in [0, 0.05) is 0 Å². The summed E-state index contributed by atoms with van der Waals surface area (Å²) in [6.45, 7) is 2.02. The molecule has 1 unspecified atom stereocenters. The van der Waals surface area contributed by atoms with Crippen LogP contribution in [0.1, 0.15) is 18.1 Å². The Morgan fingerprint density at radius 2 is 2.05 bits per heavy atom. The van der Waals surface area contributed by atoms with E-state index in [1.807, 2.05) is 30.7 Å². The van der Waals surface area contributed by atoms with Crippen LogP contribution in [0.4, 0.5) is 0 Å². The lowest BCUT2D eigenvalue weighted by Crippen LogP contribution is -1.88. The summed E-state index contributed by atoms with van der Waals surface area (Å²) in [4.78, 5) is 0.988. The fourth-order valence-electron chi connectivity index (χ4n) is 1.43. The van der Waals surface area contributed by atoms with Gasteiger partial charge in [0.15, 0.2) is 8.68 Å². The molecular weight excluding hydrogens is 332 g/mol. The van der Waals surface area contributed by atoms with E-state index in [4.69, 9.17) is 4.42 Å². The van der Waals surface area contributed by atoms with Gasteiger partial charge in [0.25, 0.3) is 5.89 Å². The van der Waals surface area contributed by atoms with E-state index in [0.29, 0.717) is 11.8 Å². The van der Waals surface area contributed by atoms with Gasteiger partial charge in [-0.25, -0.2) is 0 Å². The van der Waals surface area contributed by atoms with Crippen molar-refractivity contribution in [2.45, 2.75) is 20.9 Å². The third kappa shape index (κ3) is 3.05. The van der Waals surface area contributed by atoms with Crippen LogP contribution >= 0.6 is 46.2 Å². The average Bonchev–Trinajstić information content (AvgIpc) is 3.19. The molecule has 1 atom stereocenters. The fourth-order valence-corrected chi connectivity index (χ4v) is 4.68. The lowest BCUT2D eigenvalue weighted by Gasteiger charge is -2.01. The van der Waals surface area contributed by atoms with Crippen molar-refractivity contribution in [2.75, 3.05) is 6.26 Å². The van der Waals surface area contributed by atoms with Gasteiger partial charge < -0.3 is 4.42 Å². The molecule has 0 bridgehead atoms. The topological polar surface area (TPSA) is 64.7 Å². The second-order valence-corrected chi connectivity index (χ2v) is 8.29. The van der Waals surface area contributed by atoms with Gasteiger partial charge in [-0.3, -0.25) is 0 Å². The van der Waals surface area contributed by atoms with Crippen molar-refractivity contribution >= 4 is 46.2 Å². The number of hydrogen-bond donors (Lipinski definition) is 0. The number of thiophene rings is 1. The zero-order valence-corrected chi connectivity index (χ0v) is 13.9. The van der Waals surface area contributed by atoms with Crippen molar-refractivity contribution in [3.63, 3.8) is 0 Å². The largest absolute Gasteiger partial charge is 0.419 e. The second kappa shape index (κ2) is 6.25. The van der Waals surface area contributed by atoms with E-state index in [9.17, 15) is 0 Å². The summed E-state index contributed by atoms with van der Waals surface area (Å²) >= 11 is 6.34. The van der Waals surface area contributed by atoms with Gasteiger partial charge in [0.2, 0.25) is 5.89 Å².